The van der Waals surface area contributed by atoms with Crippen molar-refractivity contribution in [2.75, 3.05) is 0 Å². The number of allylic oxidation sites excluding steroid dienone is 1. The molecule has 32 heavy (non-hydrogen) atoms. The van der Waals surface area contributed by atoms with Gasteiger partial charge in [-0.25, -0.2) is 9.18 Å². The smallest absolute Gasteiger partial charge is 0.335 e. The summed E-state index contributed by atoms with van der Waals surface area (Å²) in [5, 5.41) is 20.1. The highest BCUT2D eigenvalue weighted by Gasteiger charge is 2.51. The lowest BCUT2D eigenvalue weighted by Gasteiger charge is -2.23. The Kier molecular flexibility index (Phi) is 5.50. The quantitative estimate of drug-likeness (QED) is 0.484. The molecule has 0 amide bonds. The van der Waals surface area contributed by atoms with Crippen molar-refractivity contribution in [2.45, 2.75) is 55.1 Å². The van der Waals surface area contributed by atoms with Gasteiger partial charge >= 0.3 is 5.97 Å². The van der Waals surface area contributed by atoms with Gasteiger partial charge in [-0.3, -0.25) is 0 Å². The largest absolute Gasteiger partial charge is 0.490 e. The molecule has 0 bridgehead atoms. The maximum absolute atomic E-state index is 14.4. The fraction of sp³-hybridized carbons (Fsp3) is 0.423. The minimum atomic E-state index is -0.975. The van der Waals surface area contributed by atoms with Gasteiger partial charge in [0.05, 0.1) is 11.7 Å². The monoisotopic (exact) mass is 456 g/mol. The Morgan fingerprint density at radius 2 is 2.03 bits per heavy atom. The summed E-state index contributed by atoms with van der Waals surface area (Å²) in [5.41, 5.74) is 1.25. The van der Waals surface area contributed by atoms with E-state index in [2.05, 4.69) is 0 Å². The van der Waals surface area contributed by atoms with E-state index in [-0.39, 0.29) is 34.7 Å². The van der Waals surface area contributed by atoms with Crippen LogP contribution in [0, 0.1) is 17.7 Å². The number of hydrogen-bond donors (Lipinski definition) is 2. The molecular formula is C26H26ClFO4. The van der Waals surface area contributed by atoms with Crippen LogP contribution in [0.2, 0.25) is 0 Å². The normalized spacial score (nSPS) is 29.0. The Hall–Kier alpha value is -2.37. The lowest BCUT2D eigenvalue weighted by Crippen LogP contribution is -2.26. The summed E-state index contributed by atoms with van der Waals surface area (Å²) in [6.45, 7) is 0. The Balaban J connectivity index is 1.34. The van der Waals surface area contributed by atoms with Gasteiger partial charge < -0.3 is 14.9 Å². The first-order valence-electron chi connectivity index (χ1n) is 11.2. The zero-order chi connectivity index (χ0) is 22.5. The lowest BCUT2D eigenvalue weighted by molar-refractivity contribution is 0.0695. The van der Waals surface area contributed by atoms with Gasteiger partial charge in [-0.1, -0.05) is 36.4 Å². The summed E-state index contributed by atoms with van der Waals surface area (Å²) in [5.74, 6) is -0.421. The highest BCUT2D eigenvalue weighted by molar-refractivity contribution is 6.21. The molecule has 0 saturated heterocycles. The number of aromatic carboxylic acids is 1. The number of fused-ring (bicyclic) bond motifs is 2. The van der Waals surface area contributed by atoms with Gasteiger partial charge in [-0.15, -0.1) is 11.6 Å². The summed E-state index contributed by atoms with van der Waals surface area (Å²) in [6.07, 6.45) is 6.74. The van der Waals surface area contributed by atoms with E-state index in [0.717, 1.165) is 31.2 Å². The molecule has 4 nitrogen and oxygen atoms in total. The van der Waals surface area contributed by atoms with Crippen molar-refractivity contribution >= 4 is 17.6 Å². The number of rotatable bonds is 5. The van der Waals surface area contributed by atoms with E-state index in [0.29, 0.717) is 17.7 Å². The van der Waals surface area contributed by atoms with Crippen LogP contribution in [-0.4, -0.2) is 33.8 Å². The number of carboxylic acid groups (broad SMARTS) is 1. The summed E-state index contributed by atoms with van der Waals surface area (Å²) in [6, 6.07) is 11.7. The standard InChI is InChI=1S/C26H26ClFO4/c27-20-14-23-18(8-7-15-5-6-16(25(30)31)13-22(15)32-23)17(20)9-10-24(29)26(11-12-26)19-3-1-2-4-21(19)28/h1-6,9-10,13,17-18,20,23-24,29H,7-8,11-12,14H2,(H,30,31)/b10-9+/t17-,18-,20-,23+,24?/m1/s1. The van der Waals surface area contributed by atoms with E-state index in [1.807, 2.05) is 18.2 Å². The van der Waals surface area contributed by atoms with E-state index in [1.165, 1.54) is 6.07 Å². The topological polar surface area (TPSA) is 66.8 Å². The van der Waals surface area contributed by atoms with E-state index in [4.69, 9.17) is 16.3 Å². The Morgan fingerprint density at radius 3 is 2.75 bits per heavy atom. The molecule has 168 valence electrons. The van der Waals surface area contributed by atoms with Gasteiger partial charge in [0, 0.05) is 23.1 Å². The fourth-order valence-corrected chi connectivity index (χ4v) is 5.92. The van der Waals surface area contributed by atoms with E-state index < -0.39 is 17.5 Å². The zero-order valence-electron chi connectivity index (χ0n) is 17.6. The SMILES string of the molecule is O=C(O)c1ccc2c(c1)O[C@H]1C[C@@H](Cl)[C@H](/C=C/C(O)C3(c4ccccc4F)CC3)[C@H]1CC2. The molecule has 2 fully saturated rings. The highest BCUT2D eigenvalue weighted by atomic mass is 35.5. The summed E-state index contributed by atoms with van der Waals surface area (Å²) in [4.78, 5) is 11.3. The molecule has 2 aliphatic carbocycles. The number of ether oxygens (including phenoxy) is 1. The zero-order valence-corrected chi connectivity index (χ0v) is 18.3. The van der Waals surface area contributed by atoms with Gasteiger partial charge in [0.25, 0.3) is 0 Å². The minimum Gasteiger partial charge on any atom is -0.490 e. The van der Waals surface area contributed by atoms with E-state index >= 15 is 0 Å². The maximum atomic E-state index is 14.4. The molecule has 0 aromatic heterocycles. The lowest BCUT2D eigenvalue weighted by atomic mass is 9.86. The number of aryl methyl sites for hydroxylation is 1. The van der Waals surface area contributed by atoms with Crippen LogP contribution >= 0.6 is 11.6 Å². The fourth-order valence-electron chi connectivity index (χ4n) is 5.48. The van der Waals surface area contributed by atoms with Crippen molar-refractivity contribution < 1.29 is 24.1 Å². The number of aliphatic hydroxyl groups excluding tert-OH is 1. The molecule has 5 rings (SSSR count). The first kappa shape index (κ1) is 21.5. The third kappa shape index (κ3) is 3.71. The van der Waals surface area contributed by atoms with E-state index in [1.54, 1.807) is 30.3 Å². The molecule has 3 aliphatic rings. The molecule has 2 aromatic rings. The van der Waals surface area contributed by atoms with Crippen molar-refractivity contribution in [3.8, 4) is 5.75 Å². The third-order valence-corrected chi connectivity index (χ3v) is 7.94. The second-order valence-electron chi connectivity index (χ2n) is 9.28. The van der Waals surface area contributed by atoms with Crippen molar-refractivity contribution in [3.05, 3.63) is 77.1 Å². The second-order valence-corrected chi connectivity index (χ2v) is 9.84. The van der Waals surface area contributed by atoms with Gasteiger partial charge in [-0.05, 0) is 60.9 Å². The van der Waals surface area contributed by atoms with Gasteiger partial charge in [0.2, 0.25) is 0 Å². The molecule has 0 spiro atoms. The second kappa shape index (κ2) is 8.20. The molecular weight excluding hydrogens is 431 g/mol. The van der Waals surface area contributed by atoms with Crippen LogP contribution in [0.1, 0.15) is 47.2 Å². The average Bonchev–Trinajstić information content (AvgIpc) is 3.54. The Bertz CT molecular complexity index is 1060. The number of halogens is 2. The number of aliphatic hydroxyl groups is 1. The Morgan fingerprint density at radius 1 is 1.25 bits per heavy atom. The van der Waals surface area contributed by atoms with Crippen LogP contribution in [0.4, 0.5) is 4.39 Å². The number of benzene rings is 2. The molecule has 6 heteroatoms. The van der Waals surface area contributed by atoms with Crippen LogP contribution in [-0.2, 0) is 11.8 Å². The predicted octanol–water partition coefficient (Wildman–Crippen LogP) is 5.11. The minimum absolute atomic E-state index is 0.0287. The molecule has 2 saturated carbocycles. The van der Waals surface area contributed by atoms with Crippen molar-refractivity contribution in [1.29, 1.82) is 0 Å². The first-order chi connectivity index (χ1) is 15.4. The summed E-state index contributed by atoms with van der Waals surface area (Å²) < 4.78 is 20.6. The molecule has 1 heterocycles. The van der Waals surface area contributed by atoms with Crippen LogP contribution in [0.3, 0.4) is 0 Å². The highest BCUT2D eigenvalue weighted by Crippen LogP contribution is 2.52. The number of carbonyl (C=O) groups is 1. The summed E-state index contributed by atoms with van der Waals surface area (Å²) >= 11 is 6.70. The van der Waals surface area contributed by atoms with Crippen molar-refractivity contribution in [1.82, 2.24) is 0 Å². The van der Waals surface area contributed by atoms with Gasteiger partial charge in [0.15, 0.2) is 0 Å². The number of hydrogen-bond acceptors (Lipinski definition) is 3. The van der Waals surface area contributed by atoms with Crippen LogP contribution in [0.25, 0.3) is 0 Å². The van der Waals surface area contributed by atoms with Crippen LogP contribution in [0.15, 0.2) is 54.6 Å². The predicted molar refractivity (Wildman–Crippen MR) is 120 cm³/mol. The van der Waals surface area contributed by atoms with Gasteiger partial charge in [-0.2, -0.15) is 0 Å². The Labute approximate surface area is 191 Å². The molecule has 2 N–H and O–H groups in total. The molecule has 1 unspecified atom stereocenters. The van der Waals surface area contributed by atoms with Crippen LogP contribution < -0.4 is 4.74 Å². The molecule has 0 radical (unpaired) electrons. The van der Waals surface area contributed by atoms with Crippen molar-refractivity contribution in [3.63, 3.8) is 0 Å². The third-order valence-electron chi connectivity index (χ3n) is 7.47. The average molecular weight is 457 g/mol. The maximum Gasteiger partial charge on any atom is 0.335 e. The summed E-state index contributed by atoms with van der Waals surface area (Å²) in [7, 11) is 0. The van der Waals surface area contributed by atoms with Gasteiger partial charge in [0.1, 0.15) is 17.7 Å². The van der Waals surface area contributed by atoms with Crippen molar-refractivity contribution in [2.24, 2.45) is 11.8 Å². The molecule has 5 atom stereocenters. The first-order valence-corrected chi connectivity index (χ1v) is 11.6. The number of carboxylic acids is 1. The number of alkyl halides is 1. The van der Waals surface area contributed by atoms with Crippen LogP contribution in [0.5, 0.6) is 5.75 Å². The molecule has 2 aromatic carbocycles. The molecule has 1 aliphatic heterocycles. The van der Waals surface area contributed by atoms with E-state index in [9.17, 15) is 19.4 Å².